The fourth-order valence-electron chi connectivity index (χ4n) is 2.08. The Labute approximate surface area is 139 Å². The number of nitrogens with zero attached hydrogens (tertiary/aromatic N) is 2. The molecule has 0 saturated carbocycles. The highest BCUT2D eigenvalue weighted by atomic mass is 35.5. The number of hydrogen-bond donors (Lipinski definition) is 1. The van der Waals surface area contributed by atoms with Crippen molar-refractivity contribution in [3.05, 3.63) is 39.9 Å². The van der Waals surface area contributed by atoms with Gasteiger partial charge in [0.05, 0.1) is 5.92 Å². The molecule has 2 aromatic rings. The maximum Gasteiger partial charge on any atom is 0.445 e. The van der Waals surface area contributed by atoms with Gasteiger partial charge in [0, 0.05) is 5.02 Å². The van der Waals surface area contributed by atoms with E-state index in [1.807, 2.05) is 13.8 Å². The molecule has 1 aromatic heterocycles. The molecule has 0 aliphatic carbocycles. The number of hydrogen-bond acceptors (Lipinski definition) is 4. The molecule has 9 heteroatoms. The summed E-state index contributed by atoms with van der Waals surface area (Å²) >= 11 is 6.12. The Morgan fingerprint density at radius 1 is 1.22 bits per heavy atom. The van der Waals surface area contributed by atoms with Gasteiger partial charge in [0.2, 0.25) is 16.0 Å². The van der Waals surface area contributed by atoms with Gasteiger partial charge in [-0.25, -0.2) is 0 Å². The highest BCUT2D eigenvalue weighted by Gasteiger charge is 2.36. The highest BCUT2D eigenvalue weighted by molar-refractivity contribution is 7.15. The first-order chi connectivity index (χ1) is 10.7. The van der Waals surface area contributed by atoms with E-state index >= 15 is 0 Å². The molecule has 1 N–H and O–H groups in total. The van der Waals surface area contributed by atoms with Gasteiger partial charge in [-0.1, -0.05) is 48.9 Å². The first-order valence-electron chi connectivity index (χ1n) is 6.65. The molecule has 0 spiro atoms. The molecule has 0 aliphatic rings. The van der Waals surface area contributed by atoms with Gasteiger partial charge in [-0.15, -0.1) is 10.2 Å². The molecule has 0 unspecified atom stereocenters. The van der Waals surface area contributed by atoms with Gasteiger partial charge in [0.1, 0.15) is 0 Å². The van der Waals surface area contributed by atoms with Crippen molar-refractivity contribution in [1.82, 2.24) is 10.2 Å². The van der Waals surface area contributed by atoms with Crippen LogP contribution in [-0.2, 0) is 11.0 Å². The Morgan fingerprint density at radius 2 is 1.83 bits per heavy atom. The maximum atomic E-state index is 12.5. The quantitative estimate of drug-likeness (QED) is 0.864. The molecule has 0 radical (unpaired) electrons. The molecular weight excluding hydrogens is 351 g/mol. The van der Waals surface area contributed by atoms with Gasteiger partial charge in [-0.05, 0) is 23.6 Å². The second-order valence-electron chi connectivity index (χ2n) is 5.17. The third-order valence-corrected chi connectivity index (χ3v) is 4.21. The van der Waals surface area contributed by atoms with E-state index < -0.39 is 23.0 Å². The van der Waals surface area contributed by atoms with E-state index in [1.165, 1.54) is 0 Å². The second kappa shape index (κ2) is 6.84. The summed E-state index contributed by atoms with van der Waals surface area (Å²) in [4.78, 5) is 12.4. The number of carbonyl (C=O) groups excluding carboxylic acids is 1. The zero-order chi connectivity index (χ0) is 17.2. The maximum absolute atomic E-state index is 12.5. The minimum absolute atomic E-state index is 0.0637. The van der Waals surface area contributed by atoms with E-state index in [0.29, 0.717) is 16.4 Å². The summed E-state index contributed by atoms with van der Waals surface area (Å²) in [6.45, 7) is 3.69. The number of halogens is 4. The molecular formula is C14H13ClF3N3OS. The van der Waals surface area contributed by atoms with Crippen LogP contribution in [0.4, 0.5) is 18.3 Å². The molecule has 4 nitrogen and oxygen atoms in total. The lowest BCUT2D eigenvalue weighted by atomic mass is 9.88. The summed E-state index contributed by atoms with van der Waals surface area (Å²) in [7, 11) is 0. The largest absolute Gasteiger partial charge is 0.445 e. The van der Waals surface area contributed by atoms with Crippen LogP contribution in [0.2, 0.25) is 5.02 Å². The predicted octanol–water partition coefficient (Wildman–Crippen LogP) is 4.59. The number of anilines is 1. The van der Waals surface area contributed by atoms with E-state index in [0.717, 1.165) is 5.56 Å². The zero-order valence-corrected chi connectivity index (χ0v) is 13.8. The van der Waals surface area contributed by atoms with Gasteiger partial charge >= 0.3 is 6.18 Å². The van der Waals surface area contributed by atoms with Crippen molar-refractivity contribution in [2.75, 3.05) is 5.32 Å². The topological polar surface area (TPSA) is 54.9 Å². The summed E-state index contributed by atoms with van der Waals surface area (Å²) in [5.41, 5.74) is 0.725. The third-order valence-electron chi connectivity index (χ3n) is 3.08. The molecule has 0 fully saturated rings. The Balaban J connectivity index is 2.19. The number of rotatable bonds is 4. The van der Waals surface area contributed by atoms with Crippen LogP contribution in [-0.4, -0.2) is 16.1 Å². The molecule has 0 bridgehead atoms. The van der Waals surface area contributed by atoms with E-state index in [9.17, 15) is 18.0 Å². The third kappa shape index (κ3) is 4.42. The summed E-state index contributed by atoms with van der Waals surface area (Å²) < 4.78 is 37.5. The van der Waals surface area contributed by atoms with Crippen molar-refractivity contribution in [3.8, 4) is 0 Å². The molecule has 1 atom stereocenters. The number of aromatic nitrogens is 2. The average molecular weight is 364 g/mol. The van der Waals surface area contributed by atoms with Gasteiger partial charge in [0.15, 0.2) is 0 Å². The highest BCUT2D eigenvalue weighted by Crippen LogP contribution is 2.34. The van der Waals surface area contributed by atoms with Crippen molar-refractivity contribution in [2.45, 2.75) is 25.9 Å². The smallest absolute Gasteiger partial charge is 0.300 e. The Hall–Kier alpha value is -1.67. The molecule has 0 aliphatic heterocycles. The molecule has 1 amide bonds. The lowest BCUT2D eigenvalue weighted by Crippen LogP contribution is -2.25. The van der Waals surface area contributed by atoms with Crippen LogP contribution < -0.4 is 5.32 Å². The number of alkyl halides is 3. The molecule has 0 saturated heterocycles. The zero-order valence-electron chi connectivity index (χ0n) is 12.2. The minimum atomic E-state index is -4.58. The van der Waals surface area contributed by atoms with Crippen molar-refractivity contribution < 1.29 is 18.0 Å². The Bertz CT molecular complexity index is 685. The number of benzene rings is 1. The Morgan fingerprint density at radius 3 is 2.30 bits per heavy atom. The lowest BCUT2D eigenvalue weighted by molar-refractivity contribution is -0.138. The van der Waals surface area contributed by atoms with E-state index in [-0.39, 0.29) is 11.0 Å². The van der Waals surface area contributed by atoms with Crippen LogP contribution in [0.25, 0.3) is 0 Å². The second-order valence-corrected chi connectivity index (χ2v) is 6.59. The average Bonchev–Trinajstić information content (AvgIpc) is 2.89. The first kappa shape index (κ1) is 17.7. The van der Waals surface area contributed by atoms with Crippen LogP contribution in [0, 0.1) is 5.92 Å². The minimum Gasteiger partial charge on any atom is -0.300 e. The SMILES string of the molecule is CC(C)[C@H](C(=O)Nc1nnc(C(F)(F)F)s1)c1ccc(Cl)cc1. The van der Waals surface area contributed by atoms with Gasteiger partial charge in [-0.2, -0.15) is 13.2 Å². The van der Waals surface area contributed by atoms with Gasteiger partial charge < -0.3 is 0 Å². The lowest BCUT2D eigenvalue weighted by Gasteiger charge is -2.20. The summed E-state index contributed by atoms with van der Waals surface area (Å²) in [5.74, 6) is -1.04. The number of nitrogens with one attached hydrogen (secondary N) is 1. The van der Waals surface area contributed by atoms with E-state index in [1.54, 1.807) is 24.3 Å². The fraction of sp³-hybridized carbons (Fsp3) is 0.357. The normalized spacial score (nSPS) is 13.2. The summed E-state index contributed by atoms with van der Waals surface area (Å²) in [6.07, 6.45) is -4.58. The fourth-order valence-corrected chi connectivity index (χ4v) is 2.82. The van der Waals surface area contributed by atoms with Crippen LogP contribution in [0.1, 0.15) is 30.3 Å². The monoisotopic (exact) mass is 363 g/mol. The van der Waals surface area contributed by atoms with E-state index in [4.69, 9.17) is 11.6 Å². The predicted molar refractivity (Wildman–Crippen MR) is 82.6 cm³/mol. The van der Waals surface area contributed by atoms with Crippen LogP contribution >= 0.6 is 22.9 Å². The first-order valence-corrected chi connectivity index (χ1v) is 7.85. The van der Waals surface area contributed by atoms with Crippen LogP contribution in [0.3, 0.4) is 0 Å². The van der Waals surface area contributed by atoms with Crippen molar-refractivity contribution >= 4 is 34.0 Å². The van der Waals surface area contributed by atoms with Crippen molar-refractivity contribution in [1.29, 1.82) is 0 Å². The molecule has 23 heavy (non-hydrogen) atoms. The summed E-state index contributed by atoms with van der Waals surface area (Å²) in [6, 6.07) is 6.75. The van der Waals surface area contributed by atoms with Gasteiger partial charge in [0.25, 0.3) is 0 Å². The van der Waals surface area contributed by atoms with E-state index in [2.05, 4.69) is 15.5 Å². The van der Waals surface area contributed by atoms with Crippen molar-refractivity contribution in [3.63, 3.8) is 0 Å². The van der Waals surface area contributed by atoms with Crippen LogP contribution in [0.5, 0.6) is 0 Å². The molecule has 1 heterocycles. The number of amides is 1. The molecule has 2 rings (SSSR count). The molecule has 1 aromatic carbocycles. The van der Waals surface area contributed by atoms with Gasteiger partial charge in [-0.3, -0.25) is 10.1 Å². The Kier molecular flexibility index (Phi) is 5.26. The van der Waals surface area contributed by atoms with Crippen LogP contribution in [0.15, 0.2) is 24.3 Å². The van der Waals surface area contributed by atoms with Crippen molar-refractivity contribution in [2.24, 2.45) is 5.92 Å². The molecule has 124 valence electrons. The standard InChI is InChI=1S/C14H13ClF3N3OS/c1-7(2)10(8-3-5-9(15)6-4-8)11(22)19-13-21-20-12(23-13)14(16,17)18/h3-7,10H,1-2H3,(H,19,21,22)/t10-/m0/s1. The number of carbonyl (C=O) groups is 1. The summed E-state index contributed by atoms with van der Waals surface area (Å²) in [5, 5.41) is 8.07.